The van der Waals surface area contributed by atoms with E-state index in [4.69, 9.17) is 0 Å². The van der Waals surface area contributed by atoms with Gasteiger partial charge in [-0.3, -0.25) is 9.36 Å². The number of unbranched alkanes of at least 4 members (excludes halogenated alkanes) is 2. The van der Waals surface area contributed by atoms with Crippen LogP contribution in [0.15, 0.2) is 40.8 Å². The van der Waals surface area contributed by atoms with Crippen LogP contribution in [0.4, 0.5) is 4.39 Å². The molecule has 2 aromatic heterocycles. The zero-order valence-electron chi connectivity index (χ0n) is 12.4. The van der Waals surface area contributed by atoms with Crippen LogP contribution in [-0.2, 0) is 6.54 Å². The lowest BCUT2D eigenvalue weighted by Gasteiger charge is -2.05. The van der Waals surface area contributed by atoms with Crippen LogP contribution < -0.4 is 5.56 Å². The van der Waals surface area contributed by atoms with Gasteiger partial charge in [-0.1, -0.05) is 31.9 Å². The van der Waals surface area contributed by atoms with E-state index in [1.165, 1.54) is 23.5 Å². The Kier molecular flexibility index (Phi) is 4.34. The van der Waals surface area contributed by atoms with Gasteiger partial charge in [-0.2, -0.15) is 0 Å². The lowest BCUT2D eigenvalue weighted by molar-refractivity contribution is 0.584. The van der Waals surface area contributed by atoms with Gasteiger partial charge in [0.2, 0.25) is 0 Å². The van der Waals surface area contributed by atoms with Gasteiger partial charge in [-0.25, -0.2) is 9.37 Å². The van der Waals surface area contributed by atoms with E-state index in [2.05, 4.69) is 11.9 Å². The first kappa shape index (κ1) is 14.9. The van der Waals surface area contributed by atoms with E-state index in [0.29, 0.717) is 11.9 Å². The van der Waals surface area contributed by atoms with Gasteiger partial charge in [0, 0.05) is 17.5 Å². The molecule has 0 unspecified atom stereocenters. The van der Waals surface area contributed by atoms with Gasteiger partial charge in [-0.05, 0) is 24.1 Å². The van der Waals surface area contributed by atoms with Crippen molar-refractivity contribution >= 4 is 21.6 Å². The molecular weight excluding hydrogens is 299 g/mol. The number of rotatable bonds is 5. The van der Waals surface area contributed by atoms with Crippen LogP contribution in [0.3, 0.4) is 0 Å². The van der Waals surface area contributed by atoms with Crippen molar-refractivity contribution in [1.82, 2.24) is 9.55 Å². The Morgan fingerprint density at radius 2 is 2.00 bits per heavy atom. The summed E-state index contributed by atoms with van der Waals surface area (Å²) < 4.78 is 14.8. The fraction of sp³-hybridized carbons (Fsp3) is 0.294. The molecular formula is C17H17FN2OS. The van der Waals surface area contributed by atoms with E-state index >= 15 is 0 Å². The van der Waals surface area contributed by atoms with E-state index in [0.717, 1.165) is 35.2 Å². The van der Waals surface area contributed by atoms with Gasteiger partial charge >= 0.3 is 0 Å². The van der Waals surface area contributed by atoms with Crippen molar-refractivity contribution in [2.75, 3.05) is 0 Å². The molecule has 0 amide bonds. The van der Waals surface area contributed by atoms with Crippen molar-refractivity contribution < 1.29 is 4.39 Å². The summed E-state index contributed by atoms with van der Waals surface area (Å²) in [6, 6.07) is 6.22. The number of hydrogen-bond donors (Lipinski definition) is 0. The van der Waals surface area contributed by atoms with Crippen LogP contribution in [0.2, 0.25) is 0 Å². The van der Waals surface area contributed by atoms with Gasteiger partial charge < -0.3 is 0 Å². The standard InChI is InChI=1S/C17H17FN2OS/c1-2-3-4-9-20-11-19-16-15(17(20)21)14(10-22-16)12-5-7-13(18)8-6-12/h5-8,10-11H,2-4,9H2,1H3. The maximum atomic E-state index is 13.1. The molecule has 114 valence electrons. The largest absolute Gasteiger partial charge is 0.299 e. The molecule has 0 aliphatic heterocycles. The molecule has 2 heterocycles. The molecule has 0 N–H and O–H groups in total. The van der Waals surface area contributed by atoms with E-state index in [9.17, 15) is 9.18 Å². The van der Waals surface area contributed by atoms with Crippen LogP contribution in [0.5, 0.6) is 0 Å². The predicted molar refractivity (Wildman–Crippen MR) is 88.8 cm³/mol. The Hall–Kier alpha value is -2.01. The molecule has 0 saturated heterocycles. The molecule has 5 heteroatoms. The van der Waals surface area contributed by atoms with Crippen molar-refractivity contribution in [2.45, 2.75) is 32.7 Å². The second-order valence-corrected chi connectivity index (χ2v) is 6.14. The maximum Gasteiger partial charge on any atom is 0.262 e. The maximum absolute atomic E-state index is 13.1. The quantitative estimate of drug-likeness (QED) is 0.652. The molecule has 1 aromatic carbocycles. The van der Waals surface area contributed by atoms with Crippen molar-refractivity contribution in [3.8, 4) is 11.1 Å². The van der Waals surface area contributed by atoms with Crippen LogP contribution >= 0.6 is 11.3 Å². The Morgan fingerprint density at radius 1 is 1.23 bits per heavy atom. The fourth-order valence-corrected chi connectivity index (χ4v) is 3.41. The monoisotopic (exact) mass is 316 g/mol. The predicted octanol–water partition coefficient (Wildman–Crippen LogP) is 4.45. The average molecular weight is 316 g/mol. The number of thiophene rings is 1. The molecule has 0 fully saturated rings. The summed E-state index contributed by atoms with van der Waals surface area (Å²) in [5.74, 6) is -0.279. The molecule has 3 nitrogen and oxygen atoms in total. The summed E-state index contributed by atoms with van der Waals surface area (Å²) in [6.07, 6.45) is 4.81. The van der Waals surface area contributed by atoms with Gasteiger partial charge in [0.1, 0.15) is 10.6 Å². The smallest absolute Gasteiger partial charge is 0.262 e. The molecule has 0 aliphatic carbocycles. The molecule has 22 heavy (non-hydrogen) atoms. The Bertz CT molecular complexity index is 836. The number of nitrogens with zero attached hydrogens (tertiary/aromatic N) is 2. The highest BCUT2D eigenvalue weighted by Gasteiger charge is 2.13. The van der Waals surface area contributed by atoms with E-state index in [-0.39, 0.29) is 11.4 Å². The van der Waals surface area contributed by atoms with Gasteiger partial charge in [0.15, 0.2) is 0 Å². The Labute approximate surface area is 132 Å². The molecule has 0 saturated carbocycles. The zero-order chi connectivity index (χ0) is 15.5. The number of aryl methyl sites for hydroxylation is 1. The second-order valence-electron chi connectivity index (χ2n) is 5.29. The minimum absolute atomic E-state index is 0.0123. The second kappa shape index (κ2) is 6.40. The summed E-state index contributed by atoms with van der Waals surface area (Å²) in [4.78, 5) is 17.8. The third kappa shape index (κ3) is 2.81. The topological polar surface area (TPSA) is 34.9 Å². The lowest BCUT2D eigenvalue weighted by Crippen LogP contribution is -2.20. The summed E-state index contributed by atoms with van der Waals surface area (Å²) in [5.41, 5.74) is 1.67. The van der Waals surface area contributed by atoms with Crippen molar-refractivity contribution in [1.29, 1.82) is 0 Å². The highest BCUT2D eigenvalue weighted by molar-refractivity contribution is 7.17. The first-order valence-corrected chi connectivity index (χ1v) is 8.31. The van der Waals surface area contributed by atoms with Crippen molar-refractivity contribution in [3.63, 3.8) is 0 Å². The number of benzene rings is 1. The van der Waals surface area contributed by atoms with Crippen LogP contribution in [0, 0.1) is 5.82 Å². The van der Waals surface area contributed by atoms with Gasteiger partial charge in [-0.15, -0.1) is 11.3 Å². The van der Waals surface area contributed by atoms with Gasteiger partial charge in [0.25, 0.3) is 5.56 Å². The fourth-order valence-electron chi connectivity index (χ4n) is 2.50. The van der Waals surface area contributed by atoms with E-state index in [1.54, 1.807) is 23.0 Å². The normalized spacial score (nSPS) is 11.2. The Morgan fingerprint density at radius 3 is 2.73 bits per heavy atom. The average Bonchev–Trinajstić information content (AvgIpc) is 2.95. The third-order valence-corrected chi connectivity index (χ3v) is 4.60. The first-order chi connectivity index (χ1) is 10.7. The van der Waals surface area contributed by atoms with Crippen molar-refractivity contribution in [3.05, 3.63) is 52.1 Å². The number of fused-ring (bicyclic) bond motifs is 1. The highest BCUT2D eigenvalue weighted by atomic mass is 32.1. The number of hydrogen-bond acceptors (Lipinski definition) is 3. The SMILES string of the molecule is CCCCCn1cnc2scc(-c3ccc(F)cc3)c2c1=O. The Balaban J connectivity index is 2.06. The molecule has 3 rings (SSSR count). The van der Waals surface area contributed by atoms with Gasteiger partial charge in [0.05, 0.1) is 11.7 Å². The summed E-state index contributed by atoms with van der Waals surface area (Å²) in [5, 5.41) is 2.55. The van der Waals surface area contributed by atoms with Crippen LogP contribution in [-0.4, -0.2) is 9.55 Å². The molecule has 0 aliphatic rings. The first-order valence-electron chi connectivity index (χ1n) is 7.43. The van der Waals surface area contributed by atoms with Crippen LogP contribution in [0.25, 0.3) is 21.3 Å². The molecule has 0 spiro atoms. The number of halogens is 1. The minimum Gasteiger partial charge on any atom is -0.299 e. The zero-order valence-corrected chi connectivity index (χ0v) is 13.2. The van der Waals surface area contributed by atoms with Crippen molar-refractivity contribution in [2.24, 2.45) is 0 Å². The summed E-state index contributed by atoms with van der Waals surface area (Å²) >= 11 is 1.45. The van der Waals surface area contributed by atoms with E-state index < -0.39 is 0 Å². The summed E-state index contributed by atoms with van der Waals surface area (Å²) in [6.45, 7) is 2.82. The van der Waals surface area contributed by atoms with E-state index in [1.807, 2.05) is 5.38 Å². The molecule has 3 aromatic rings. The minimum atomic E-state index is -0.279. The molecule has 0 atom stereocenters. The summed E-state index contributed by atoms with van der Waals surface area (Å²) in [7, 11) is 0. The molecule has 0 bridgehead atoms. The molecule has 0 radical (unpaired) electrons. The number of aromatic nitrogens is 2. The lowest BCUT2D eigenvalue weighted by atomic mass is 10.1. The van der Waals surface area contributed by atoms with Crippen LogP contribution in [0.1, 0.15) is 26.2 Å². The third-order valence-electron chi connectivity index (χ3n) is 3.72. The highest BCUT2D eigenvalue weighted by Crippen LogP contribution is 2.30.